The molecule has 6 nitrogen and oxygen atoms in total. The molecule has 1 N–H and O–H groups in total. The molecule has 0 amide bonds. The predicted octanol–water partition coefficient (Wildman–Crippen LogP) is 8.90. The first kappa shape index (κ1) is 34.9. The zero-order chi connectivity index (χ0) is 30.3. The quantitative estimate of drug-likeness (QED) is 0.104. The minimum Gasteiger partial charge on any atom is -0.455 e. The van der Waals surface area contributed by atoms with Crippen LogP contribution in [0.4, 0.5) is 0 Å². The Labute approximate surface area is 263 Å². The molecule has 43 heavy (non-hydrogen) atoms. The maximum Gasteiger partial charge on any atom is 0.334 e. The van der Waals surface area contributed by atoms with Crippen LogP contribution in [0.15, 0.2) is 11.6 Å². The van der Waals surface area contributed by atoms with E-state index < -0.39 is 0 Å². The Hall–Kier alpha value is -0.950. The summed E-state index contributed by atoms with van der Waals surface area (Å²) in [7, 11) is 0. The fourth-order valence-corrected chi connectivity index (χ4v) is 7.78. The molecular formula is C37H64O6. The van der Waals surface area contributed by atoms with Crippen LogP contribution >= 0.6 is 0 Å². The van der Waals surface area contributed by atoms with Crippen molar-refractivity contribution in [2.24, 2.45) is 0 Å². The van der Waals surface area contributed by atoms with Crippen LogP contribution in [0.2, 0.25) is 0 Å². The van der Waals surface area contributed by atoms with Gasteiger partial charge in [0.05, 0.1) is 42.7 Å². The highest BCUT2D eigenvalue weighted by Gasteiger charge is 2.42. The van der Waals surface area contributed by atoms with Crippen LogP contribution in [0.5, 0.6) is 0 Å². The summed E-state index contributed by atoms with van der Waals surface area (Å²) in [5.74, 6) is -0.113. The van der Waals surface area contributed by atoms with Crippen molar-refractivity contribution in [3.05, 3.63) is 11.6 Å². The average Bonchev–Trinajstić information content (AvgIpc) is 3.76. The summed E-state index contributed by atoms with van der Waals surface area (Å²) in [6.45, 7) is 4.19. The van der Waals surface area contributed by atoms with Gasteiger partial charge in [0.25, 0.3) is 0 Å². The SMILES string of the molecule is CCCCCC[C@@H]1CCC[C@@H]([C@H]2CC[C@H]([C@H]3CC[C@H]([C@H](O)CCCCCCCCCCCCC4=C[C@H](C)OC4=O)O3)O2)O1. The fraction of sp³-hybridized carbons (Fsp3) is 0.919. The van der Waals surface area contributed by atoms with Gasteiger partial charge in [0.2, 0.25) is 0 Å². The summed E-state index contributed by atoms with van der Waals surface area (Å²) < 4.78 is 24.6. The molecule has 6 heteroatoms. The molecule has 0 unspecified atom stereocenters. The molecule has 3 fully saturated rings. The highest BCUT2D eigenvalue weighted by Crippen LogP contribution is 2.37. The van der Waals surface area contributed by atoms with E-state index in [-0.39, 0.29) is 48.7 Å². The Bertz CT molecular complexity index is 813. The summed E-state index contributed by atoms with van der Waals surface area (Å²) in [5, 5.41) is 10.8. The third kappa shape index (κ3) is 12.1. The second-order valence-electron chi connectivity index (χ2n) is 14.1. The van der Waals surface area contributed by atoms with Crippen LogP contribution in [0.3, 0.4) is 0 Å². The molecule has 0 bridgehead atoms. The second-order valence-corrected chi connectivity index (χ2v) is 14.1. The first-order valence-electron chi connectivity index (χ1n) is 18.6. The maximum atomic E-state index is 11.6. The van der Waals surface area contributed by atoms with Crippen LogP contribution in [-0.4, -0.2) is 59.9 Å². The van der Waals surface area contributed by atoms with E-state index in [2.05, 4.69) is 6.92 Å². The Balaban J connectivity index is 0.972. The number of aliphatic hydroxyl groups is 1. The van der Waals surface area contributed by atoms with Gasteiger partial charge in [-0.15, -0.1) is 0 Å². The first-order chi connectivity index (χ1) is 21.0. The predicted molar refractivity (Wildman–Crippen MR) is 172 cm³/mol. The number of esters is 1. The molecule has 0 aromatic carbocycles. The third-order valence-electron chi connectivity index (χ3n) is 10.4. The van der Waals surface area contributed by atoms with E-state index in [1.54, 1.807) is 0 Å². The smallest absolute Gasteiger partial charge is 0.334 e. The largest absolute Gasteiger partial charge is 0.455 e. The summed E-state index contributed by atoms with van der Waals surface area (Å²) in [5.41, 5.74) is 0.875. The third-order valence-corrected chi connectivity index (χ3v) is 10.4. The number of hydrogen-bond acceptors (Lipinski definition) is 6. The van der Waals surface area contributed by atoms with E-state index >= 15 is 0 Å². The number of carbonyl (C=O) groups is 1. The number of unbranched alkanes of at least 4 members (excludes halogenated alkanes) is 12. The lowest BCUT2D eigenvalue weighted by atomic mass is 9.96. The molecule has 0 aromatic heterocycles. The minimum absolute atomic E-state index is 0.0231. The van der Waals surface area contributed by atoms with E-state index in [4.69, 9.17) is 18.9 Å². The van der Waals surface area contributed by atoms with Crippen molar-refractivity contribution in [1.29, 1.82) is 0 Å². The van der Waals surface area contributed by atoms with Gasteiger partial charge >= 0.3 is 5.97 Å². The van der Waals surface area contributed by atoms with Gasteiger partial charge in [0.15, 0.2) is 0 Å². The summed E-state index contributed by atoms with van der Waals surface area (Å²) >= 11 is 0. The molecule has 0 radical (unpaired) electrons. The lowest BCUT2D eigenvalue weighted by Gasteiger charge is -2.34. The van der Waals surface area contributed by atoms with Gasteiger partial charge in [0.1, 0.15) is 6.10 Å². The molecule has 4 heterocycles. The van der Waals surface area contributed by atoms with Crippen molar-refractivity contribution in [2.45, 2.75) is 217 Å². The molecule has 3 saturated heterocycles. The molecule has 4 aliphatic heterocycles. The topological polar surface area (TPSA) is 74.2 Å². The highest BCUT2D eigenvalue weighted by molar-refractivity contribution is 5.90. The molecule has 8 atom stereocenters. The molecule has 4 rings (SSSR count). The Morgan fingerprint density at radius 1 is 0.721 bits per heavy atom. The van der Waals surface area contributed by atoms with Gasteiger partial charge < -0.3 is 24.1 Å². The van der Waals surface area contributed by atoms with Crippen LogP contribution in [0, 0.1) is 0 Å². The number of carbonyl (C=O) groups excluding carboxylic acids is 1. The maximum absolute atomic E-state index is 11.6. The van der Waals surface area contributed by atoms with E-state index in [0.29, 0.717) is 6.10 Å². The second kappa shape index (κ2) is 19.5. The van der Waals surface area contributed by atoms with Gasteiger partial charge in [-0.1, -0.05) is 90.4 Å². The van der Waals surface area contributed by atoms with Crippen molar-refractivity contribution < 1.29 is 28.8 Å². The summed E-state index contributed by atoms with van der Waals surface area (Å²) in [6, 6.07) is 0. The zero-order valence-electron chi connectivity index (χ0n) is 27.7. The molecule has 0 spiro atoms. The van der Waals surface area contributed by atoms with Crippen molar-refractivity contribution in [2.75, 3.05) is 0 Å². The molecular weight excluding hydrogens is 540 g/mol. The van der Waals surface area contributed by atoms with Crippen LogP contribution < -0.4 is 0 Å². The monoisotopic (exact) mass is 604 g/mol. The van der Waals surface area contributed by atoms with Gasteiger partial charge in [-0.3, -0.25) is 0 Å². The van der Waals surface area contributed by atoms with Crippen molar-refractivity contribution in [1.82, 2.24) is 0 Å². The Morgan fingerprint density at radius 3 is 2.00 bits per heavy atom. The average molecular weight is 605 g/mol. The molecule has 4 aliphatic rings. The summed E-state index contributed by atoms with van der Waals surface area (Å²) in [6.07, 6.45) is 30.9. The lowest BCUT2D eigenvalue weighted by molar-refractivity contribution is -0.145. The van der Waals surface area contributed by atoms with Crippen molar-refractivity contribution in [3.8, 4) is 0 Å². The van der Waals surface area contributed by atoms with Crippen LogP contribution in [0.1, 0.15) is 168 Å². The number of ether oxygens (including phenoxy) is 4. The van der Waals surface area contributed by atoms with E-state index in [0.717, 1.165) is 63.4 Å². The Kier molecular flexibility index (Phi) is 15.9. The Morgan fingerprint density at radius 2 is 1.33 bits per heavy atom. The number of rotatable bonds is 21. The number of hydrogen-bond donors (Lipinski definition) is 1. The standard InChI is InChI=1S/C37H64O6/c1-3-4-5-15-19-30-20-17-22-33(41-30)34-25-26-36(43-34)35-24-23-32(42-35)31(38)21-16-13-11-9-7-6-8-10-12-14-18-29-27-28(2)40-37(29)39/h27-28,30-36,38H,3-26H2,1-2H3/t28-,30+,31+,32+,33-,34+,35+,36+/m0/s1. The highest BCUT2D eigenvalue weighted by atomic mass is 16.6. The van der Waals surface area contributed by atoms with Gasteiger partial charge in [-0.05, 0) is 83.6 Å². The van der Waals surface area contributed by atoms with Crippen LogP contribution in [-0.2, 0) is 23.7 Å². The van der Waals surface area contributed by atoms with Gasteiger partial charge in [-0.25, -0.2) is 4.79 Å². The zero-order valence-corrected chi connectivity index (χ0v) is 27.7. The fourth-order valence-electron chi connectivity index (χ4n) is 7.78. The lowest BCUT2D eigenvalue weighted by Crippen LogP contribution is -2.38. The van der Waals surface area contributed by atoms with E-state index in [9.17, 15) is 9.90 Å². The van der Waals surface area contributed by atoms with Crippen molar-refractivity contribution in [3.63, 3.8) is 0 Å². The molecule has 0 aromatic rings. The summed E-state index contributed by atoms with van der Waals surface area (Å²) in [4.78, 5) is 11.6. The first-order valence-corrected chi connectivity index (χ1v) is 18.6. The van der Waals surface area contributed by atoms with Crippen LogP contribution in [0.25, 0.3) is 0 Å². The normalized spacial score (nSPS) is 31.8. The number of cyclic esters (lactones) is 1. The van der Waals surface area contributed by atoms with E-state index in [1.165, 1.54) is 96.3 Å². The van der Waals surface area contributed by atoms with Crippen molar-refractivity contribution >= 4 is 5.97 Å². The minimum atomic E-state index is -0.345. The van der Waals surface area contributed by atoms with Gasteiger partial charge in [0, 0.05) is 5.57 Å². The van der Waals surface area contributed by atoms with Gasteiger partial charge in [-0.2, -0.15) is 0 Å². The number of aliphatic hydroxyl groups excluding tert-OH is 1. The molecule has 248 valence electrons. The molecule has 0 saturated carbocycles. The molecule has 0 aliphatic carbocycles. The van der Waals surface area contributed by atoms with E-state index in [1.807, 2.05) is 13.0 Å².